The highest BCUT2D eigenvalue weighted by molar-refractivity contribution is 5.95. The molecule has 1 unspecified atom stereocenters. The summed E-state index contributed by atoms with van der Waals surface area (Å²) in [5.41, 5.74) is -0.00373. The Hall–Kier alpha value is -2.35. The van der Waals surface area contributed by atoms with Crippen molar-refractivity contribution in [2.45, 2.75) is 26.3 Å². The summed E-state index contributed by atoms with van der Waals surface area (Å²) < 4.78 is 0. The van der Waals surface area contributed by atoms with E-state index in [2.05, 4.69) is 5.32 Å². The quantitative estimate of drug-likeness (QED) is 0.863. The monoisotopic (exact) mass is 260 g/mol. The first-order chi connectivity index (χ1) is 8.77. The van der Waals surface area contributed by atoms with Gasteiger partial charge in [0.2, 0.25) is 0 Å². The lowest BCUT2D eigenvalue weighted by Gasteiger charge is -2.30. The zero-order valence-electron chi connectivity index (χ0n) is 11.1. The van der Waals surface area contributed by atoms with Crippen LogP contribution in [0.5, 0.6) is 0 Å². The molecule has 100 valence electrons. The van der Waals surface area contributed by atoms with Crippen molar-refractivity contribution in [2.24, 2.45) is 5.92 Å². The Balaban J connectivity index is 2.84. The third-order valence-corrected chi connectivity index (χ3v) is 3.16. The minimum Gasteiger partial charge on any atom is -0.481 e. The molecule has 0 saturated carbocycles. The Morgan fingerprint density at radius 3 is 2.26 bits per heavy atom. The lowest BCUT2D eigenvalue weighted by atomic mass is 9.88. The Bertz CT molecular complexity index is 527. The average Bonchev–Trinajstić information content (AvgIpc) is 2.37. The van der Waals surface area contributed by atoms with Gasteiger partial charge in [0.05, 0.1) is 17.6 Å². The fraction of sp³-hybridized carbons (Fsp3) is 0.357. The predicted molar refractivity (Wildman–Crippen MR) is 69.5 cm³/mol. The molecule has 0 saturated heterocycles. The maximum atomic E-state index is 12.0. The molecular formula is C14H16N2O3. The molecule has 0 aliphatic carbocycles. The van der Waals surface area contributed by atoms with Gasteiger partial charge in [0, 0.05) is 11.1 Å². The van der Waals surface area contributed by atoms with Gasteiger partial charge in [-0.2, -0.15) is 5.26 Å². The van der Waals surface area contributed by atoms with Gasteiger partial charge in [0.1, 0.15) is 0 Å². The average molecular weight is 260 g/mol. The number of nitrogens with one attached hydrogen (secondary N) is 1. The summed E-state index contributed by atoms with van der Waals surface area (Å²) >= 11 is 0. The Morgan fingerprint density at radius 1 is 1.32 bits per heavy atom. The summed E-state index contributed by atoms with van der Waals surface area (Å²) in [4.78, 5) is 23.0. The van der Waals surface area contributed by atoms with Crippen molar-refractivity contribution in [3.63, 3.8) is 0 Å². The van der Waals surface area contributed by atoms with E-state index in [0.29, 0.717) is 11.1 Å². The highest BCUT2D eigenvalue weighted by Gasteiger charge is 2.32. The number of amides is 1. The predicted octanol–water partition coefficient (Wildman–Crippen LogP) is 1.79. The van der Waals surface area contributed by atoms with Gasteiger partial charge in [-0.25, -0.2) is 0 Å². The number of nitrogens with zero attached hydrogens (tertiary/aromatic N) is 1. The molecule has 1 amide bonds. The Kier molecular flexibility index (Phi) is 4.28. The topological polar surface area (TPSA) is 90.2 Å². The van der Waals surface area contributed by atoms with Crippen molar-refractivity contribution in [1.29, 1.82) is 5.26 Å². The molecule has 0 bridgehead atoms. The number of nitriles is 1. The second-order valence-electron chi connectivity index (χ2n) is 4.92. The highest BCUT2D eigenvalue weighted by Crippen LogP contribution is 2.17. The zero-order valence-corrected chi connectivity index (χ0v) is 11.1. The van der Waals surface area contributed by atoms with E-state index in [1.807, 2.05) is 6.07 Å². The van der Waals surface area contributed by atoms with Crippen LogP contribution in [0, 0.1) is 17.2 Å². The van der Waals surface area contributed by atoms with Gasteiger partial charge in [0.25, 0.3) is 5.91 Å². The number of carboxylic acids is 1. The van der Waals surface area contributed by atoms with Crippen LogP contribution in [0.2, 0.25) is 0 Å². The molecule has 2 N–H and O–H groups in total. The number of carboxylic acid groups (broad SMARTS) is 1. The van der Waals surface area contributed by atoms with Crippen LogP contribution in [0.3, 0.4) is 0 Å². The minimum absolute atomic E-state index is 0.359. The summed E-state index contributed by atoms with van der Waals surface area (Å²) in [6.45, 7) is 4.86. The Morgan fingerprint density at radius 2 is 1.84 bits per heavy atom. The molecule has 0 aliphatic rings. The summed E-state index contributed by atoms with van der Waals surface area (Å²) in [6.07, 6.45) is 0. The van der Waals surface area contributed by atoms with Crippen LogP contribution >= 0.6 is 0 Å². The van der Waals surface area contributed by atoms with E-state index in [1.54, 1.807) is 32.9 Å². The molecule has 1 aromatic rings. The van der Waals surface area contributed by atoms with Gasteiger partial charge in [-0.05, 0) is 45.0 Å². The molecule has 0 heterocycles. The van der Waals surface area contributed by atoms with E-state index in [1.165, 1.54) is 12.1 Å². The highest BCUT2D eigenvalue weighted by atomic mass is 16.4. The van der Waals surface area contributed by atoms with Gasteiger partial charge in [-0.15, -0.1) is 0 Å². The largest absolute Gasteiger partial charge is 0.481 e. The molecule has 0 aliphatic heterocycles. The van der Waals surface area contributed by atoms with Crippen LogP contribution < -0.4 is 5.32 Å². The van der Waals surface area contributed by atoms with E-state index in [4.69, 9.17) is 10.4 Å². The van der Waals surface area contributed by atoms with Gasteiger partial charge < -0.3 is 10.4 Å². The fourth-order valence-corrected chi connectivity index (χ4v) is 1.48. The molecular weight excluding hydrogens is 244 g/mol. The lowest BCUT2D eigenvalue weighted by Crippen LogP contribution is -2.50. The molecule has 5 heteroatoms. The molecule has 0 spiro atoms. The first-order valence-corrected chi connectivity index (χ1v) is 5.83. The smallest absolute Gasteiger partial charge is 0.308 e. The van der Waals surface area contributed by atoms with E-state index < -0.39 is 17.4 Å². The lowest BCUT2D eigenvalue weighted by molar-refractivity contribution is -0.143. The summed E-state index contributed by atoms with van der Waals surface area (Å²) in [6, 6.07) is 8.13. The third kappa shape index (κ3) is 3.55. The first-order valence-electron chi connectivity index (χ1n) is 5.83. The van der Waals surface area contributed by atoms with Crippen molar-refractivity contribution in [1.82, 2.24) is 5.32 Å². The summed E-state index contributed by atoms with van der Waals surface area (Å²) in [5.74, 6) is -2.04. The van der Waals surface area contributed by atoms with Crippen LogP contribution in [0.1, 0.15) is 36.7 Å². The van der Waals surface area contributed by atoms with Crippen LogP contribution in [0.25, 0.3) is 0 Å². The number of benzene rings is 1. The van der Waals surface area contributed by atoms with Gasteiger partial charge in [-0.3, -0.25) is 9.59 Å². The van der Waals surface area contributed by atoms with Gasteiger partial charge >= 0.3 is 5.97 Å². The van der Waals surface area contributed by atoms with Crippen LogP contribution in [-0.2, 0) is 4.79 Å². The maximum Gasteiger partial charge on any atom is 0.308 e. The van der Waals surface area contributed by atoms with Crippen molar-refractivity contribution < 1.29 is 14.7 Å². The van der Waals surface area contributed by atoms with Crippen LogP contribution in [0.4, 0.5) is 0 Å². The third-order valence-electron chi connectivity index (χ3n) is 3.16. The summed E-state index contributed by atoms with van der Waals surface area (Å²) in [5, 5.41) is 20.3. The molecule has 1 atom stereocenters. The SMILES string of the molecule is CC(C(=O)O)C(C)(C)NC(=O)c1ccc(C#N)cc1. The van der Waals surface area contributed by atoms with Gasteiger partial charge in [0.15, 0.2) is 0 Å². The van der Waals surface area contributed by atoms with E-state index in [0.717, 1.165) is 0 Å². The fourth-order valence-electron chi connectivity index (χ4n) is 1.48. The number of hydrogen-bond donors (Lipinski definition) is 2. The van der Waals surface area contributed by atoms with E-state index in [-0.39, 0.29) is 5.91 Å². The molecule has 0 aromatic heterocycles. The molecule has 0 radical (unpaired) electrons. The zero-order chi connectivity index (χ0) is 14.6. The maximum absolute atomic E-state index is 12.0. The minimum atomic E-state index is -0.967. The number of carbonyl (C=O) groups is 2. The second kappa shape index (κ2) is 5.53. The van der Waals surface area contributed by atoms with Crippen molar-refractivity contribution >= 4 is 11.9 Å². The Labute approximate surface area is 111 Å². The van der Waals surface area contributed by atoms with Gasteiger partial charge in [-0.1, -0.05) is 0 Å². The molecule has 0 fully saturated rings. The molecule has 1 rings (SSSR count). The molecule has 5 nitrogen and oxygen atoms in total. The summed E-state index contributed by atoms with van der Waals surface area (Å²) in [7, 11) is 0. The normalized spacial score (nSPS) is 12.3. The number of aliphatic carboxylic acids is 1. The van der Waals surface area contributed by atoms with Crippen LogP contribution in [0.15, 0.2) is 24.3 Å². The van der Waals surface area contributed by atoms with E-state index >= 15 is 0 Å². The van der Waals surface area contributed by atoms with Crippen molar-refractivity contribution in [3.05, 3.63) is 35.4 Å². The second-order valence-corrected chi connectivity index (χ2v) is 4.92. The standard InChI is InChI=1S/C14H16N2O3/c1-9(13(18)19)14(2,3)16-12(17)11-6-4-10(8-15)5-7-11/h4-7,9H,1-3H3,(H,16,17)(H,18,19). The molecule has 19 heavy (non-hydrogen) atoms. The number of hydrogen-bond acceptors (Lipinski definition) is 3. The van der Waals surface area contributed by atoms with Crippen molar-refractivity contribution in [3.8, 4) is 6.07 Å². The molecule has 1 aromatic carbocycles. The van der Waals surface area contributed by atoms with Crippen molar-refractivity contribution in [2.75, 3.05) is 0 Å². The van der Waals surface area contributed by atoms with Crippen LogP contribution in [-0.4, -0.2) is 22.5 Å². The number of rotatable bonds is 4. The first kappa shape index (κ1) is 14.7. The van der Waals surface area contributed by atoms with E-state index in [9.17, 15) is 9.59 Å². The number of carbonyl (C=O) groups excluding carboxylic acids is 1.